The van der Waals surface area contributed by atoms with Crippen LogP contribution >= 0.6 is 24.0 Å². The SMILES string of the molecule is CN=C(NC1C2CCOC2C1(C)C)NC1C2CCOC2C12CCCC2.I. The lowest BCUT2D eigenvalue weighted by molar-refractivity contribution is -0.126. The molecule has 0 amide bonds. The molecule has 2 N–H and O–H groups in total. The molecule has 2 aliphatic heterocycles. The van der Waals surface area contributed by atoms with Gasteiger partial charge in [0.1, 0.15) is 0 Å². The van der Waals surface area contributed by atoms with Gasteiger partial charge in [-0.1, -0.05) is 26.7 Å². The Labute approximate surface area is 174 Å². The Morgan fingerprint density at radius 3 is 2.15 bits per heavy atom. The van der Waals surface area contributed by atoms with E-state index in [2.05, 4.69) is 29.5 Å². The van der Waals surface area contributed by atoms with E-state index >= 15 is 0 Å². The summed E-state index contributed by atoms with van der Waals surface area (Å²) in [6.07, 6.45) is 8.63. The molecule has 6 atom stereocenters. The summed E-state index contributed by atoms with van der Waals surface area (Å²) in [4.78, 5) is 4.59. The van der Waals surface area contributed by atoms with E-state index in [1.54, 1.807) is 0 Å². The lowest BCUT2D eigenvalue weighted by atomic mass is 9.54. The molecular weight excluding hydrogens is 441 g/mol. The molecule has 148 valence electrons. The predicted molar refractivity (Wildman–Crippen MR) is 113 cm³/mol. The molecule has 26 heavy (non-hydrogen) atoms. The van der Waals surface area contributed by atoms with E-state index in [9.17, 15) is 0 Å². The number of halogens is 1. The molecule has 0 aromatic heterocycles. The van der Waals surface area contributed by atoms with Crippen LogP contribution in [0.1, 0.15) is 52.4 Å². The minimum atomic E-state index is 0. The zero-order valence-electron chi connectivity index (χ0n) is 16.3. The molecular formula is C20H34IN3O2. The standard InChI is InChI=1S/C20H33N3O2.HI/c1-19(2)14(12-6-10-24-16(12)19)22-18(21-3)23-15-13-7-11-25-17(13)20(15)8-4-5-9-20;/h12-17H,4-11H2,1-3H3,(H2,21,22,23);1H. The van der Waals surface area contributed by atoms with E-state index in [0.29, 0.717) is 41.5 Å². The van der Waals surface area contributed by atoms with Gasteiger partial charge in [-0.25, -0.2) is 0 Å². The van der Waals surface area contributed by atoms with Gasteiger partial charge in [-0.05, 0) is 25.7 Å². The second kappa shape index (κ2) is 6.76. The van der Waals surface area contributed by atoms with Gasteiger partial charge in [0.2, 0.25) is 0 Å². The van der Waals surface area contributed by atoms with Gasteiger partial charge < -0.3 is 20.1 Å². The van der Waals surface area contributed by atoms with Gasteiger partial charge in [0.15, 0.2) is 5.96 Å². The third-order valence-electron chi connectivity index (χ3n) is 8.19. The van der Waals surface area contributed by atoms with Gasteiger partial charge in [0, 0.05) is 55.0 Å². The molecule has 0 aromatic rings. The van der Waals surface area contributed by atoms with Crippen molar-refractivity contribution < 1.29 is 9.47 Å². The van der Waals surface area contributed by atoms with Crippen molar-refractivity contribution >= 4 is 29.9 Å². The predicted octanol–water partition coefficient (Wildman–Crippen LogP) is 2.93. The topological polar surface area (TPSA) is 54.9 Å². The number of fused-ring (bicyclic) bond motifs is 3. The number of nitrogens with one attached hydrogen (secondary N) is 2. The Bertz CT molecular complexity index is 575. The van der Waals surface area contributed by atoms with Crippen LogP contribution in [0.25, 0.3) is 0 Å². The summed E-state index contributed by atoms with van der Waals surface area (Å²) in [7, 11) is 1.91. The van der Waals surface area contributed by atoms with E-state index in [1.807, 2.05) is 7.05 Å². The highest BCUT2D eigenvalue weighted by atomic mass is 127. The Kier molecular flexibility index (Phi) is 5.01. The Morgan fingerprint density at radius 1 is 0.923 bits per heavy atom. The summed E-state index contributed by atoms with van der Waals surface area (Å²) >= 11 is 0. The van der Waals surface area contributed by atoms with Crippen molar-refractivity contribution in [2.24, 2.45) is 27.7 Å². The first-order valence-corrected chi connectivity index (χ1v) is 10.3. The van der Waals surface area contributed by atoms with Crippen molar-refractivity contribution in [3.05, 3.63) is 0 Å². The quantitative estimate of drug-likeness (QED) is 0.367. The summed E-state index contributed by atoms with van der Waals surface area (Å²) in [5.41, 5.74) is 0.551. The van der Waals surface area contributed by atoms with Crippen LogP contribution in [0.3, 0.4) is 0 Å². The van der Waals surface area contributed by atoms with Crippen LogP contribution in [0.4, 0.5) is 0 Å². The second-order valence-corrected chi connectivity index (χ2v) is 9.57. The molecule has 5 rings (SSSR count). The van der Waals surface area contributed by atoms with Gasteiger partial charge in [0.05, 0.1) is 12.2 Å². The molecule has 0 aromatic carbocycles. The van der Waals surface area contributed by atoms with Gasteiger partial charge in [-0.15, -0.1) is 24.0 Å². The zero-order valence-corrected chi connectivity index (χ0v) is 18.6. The summed E-state index contributed by atoms with van der Waals surface area (Å²) in [5.74, 6) is 2.30. The first-order valence-electron chi connectivity index (χ1n) is 10.3. The Balaban J connectivity index is 0.00000168. The monoisotopic (exact) mass is 475 g/mol. The third-order valence-corrected chi connectivity index (χ3v) is 8.19. The maximum Gasteiger partial charge on any atom is 0.191 e. The molecule has 5 nitrogen and oxygen atoms in total. The minimum Gasteiger partial charge on any atom is -0.377 e. The van der Waals surface area contributed by atoms with E-state index in [4.69, 9.17) is 9.47 Å². The summed E-state index contributed by atoms with van der Waals surface area (Å²) < 4.78 is 12.1. The highest BCUT2D eigenvalue weighted by Crippen LogP contribution is 2.60. The molecule has 3 aliphatic carbocycles. The number of ether oxygens (including phenoxy) is 2. The number of hydrogen-bond acceptors (Lipinski definition) is 3. The van der Waals surface area contributed by atoms with E-state index in [1.165, 1.54) is 38.5 Å². The maximum atomic E-state index is 6.12. The molecule has 1 spiro atoms. The number of nitrogens with zero attached hydrogens (tertiary/aromatic N) is 1. The van der Waals surface area contributed by atoms with Crippen LogP contribution in [-0.2, 0) is 9.47 Å². The van der Waals surface area contributed by atoms with Gasteiger partial charge in [-0.3, -0.25) is 4.99 Å². The smallest absolute Gasteiger partial charge is 0.191 e. The molecule has 5 fully saturated rings. The van der Waals surface area contributed by atoms with Gasteiger partial charge >= 0.3 is 0 Å². The number of guanidine groups is 1. The molecule has 0 bridgehead atoms. The van der Waals surface area contributed by atoms with E-state index in [0.717, 1.165) is 19.2 Å². The van der Waals surface area contributed by atoms with Crippen LogP contribution in [0.15, 0.2) is 4.99 Å². The van der Waals surface area contributed by atoms with Crippen molar-refractivity contribution in [1.29, 1.82) is 0 Å². The fraction of sp³-hybridized carbons (Fsp3) is 0.950. The van der Waals surface area contributed by atoms with Crippen molar-refractivity contribution in [2.75, 3.05) is 20.3 Å². The average Bonchev–Trinajstić information content (AvgIpc) is 3.33. The second-order valence-electron chi connectivity index (χ2n) is 9.57. The molecule has 2 saturated heterocycles. The Morgan fingerprint density at radius 2 is 1.50 bits per heavy atom. The third kappa shape index (κ3) is 2.50. The lowest BCUT2D eigenvalue weighted by Crippen LogP contribution is -2.72. The van der Waals surface area contributed by atoms with Crippen molar-refractivity contribution in [2.45, 2.75) is 76.7 Å². The largest absolute Gasteiger partial charge is 0.377 e. The fourth-order valence-corrected chi connectivity index (χ4v) is 6.99. The molecule has 6 heteroatoms. The van der Waals surface area contributed by atoms with Gasteiger partial charge in [0.25, 0.3) is 0 Å². The minimum absolute atomic E-state index is 0. The highest BCUT2D eigenvalue weighted by molar-refractivity contribution is 14.0. The number of aliphatic imine (C=N–C) groups is 1. The van der Waals surface area contributed by atoms with Crippen molar-refractivity contribution in [1.82, 2.24) is 10.6 Å². The summed E-state index contributed by atoms with van der Waals surface area (Å²) in [6.45, 7) is 6.51. The van der Waals surface area contributed by atoms with Crippen molar-refractivity contribution in [3.63, 3.8) is 0 Å². The first-order chi connectivity index (χ1) is 12.1. The molecule has 5 aliphatic rings. The van der Waals surface area contributed by atoms with Crippen LogP contribution in [0.5, 0.6) is 0 Å². The van der Waals surface area contributed by atoms with Crippen LogP contribution < -0.4 is 10.6 Å². The van der Waals surface area contributed by atoms with E-state index < -0.39 is 0 Å². The number of hydrogen-bond donors (Lipinski definition) is 2. The highest BCUT2D eigenvalue weighted by Gasteiger charge is 2.65. The van der Waals surface area contributed by atoms with Gasteiger partial charge in [-0.2, -0.15) is 0 Å². The normalized spacial score (nSPS) is 44.5. The maximum absolute atomic E-state index is 6.12. The average molecular weight is 475 g/mol. The molecule has 6 unspecified atom stereocenters. The first kappa shape index (κ1) is 19.2. The number of rotatable bonds is 2. The molecule has 2 heterocycles. The Hall–Kier alpha value is -0.0800. The van der Waals surface area contributed by atoms with Crippen LogP contribution in [0, 0.1) is 22.7 Å². The zero-order chi connectivity index (χ0) is 17.2. The molecule has 0 radical (unpaired) electrons. The lowest BCUT2D eigenvalue weighted by Gasteiger charge is -2.58. The van der Waals surface area contributed by atoms with Crippen LogP contribution in [0.2, 0.25) is 0 Å². The fourth-order valence-electron chi connectivity index (χ4n) is 6.99. The summed E-state index contributed by atoms with van der Waals surface area (Å²) in [6, 6.07) is 0.994. The summed E-state index contributed by atoms with van der Waals surface area (Å²) in [5, 5.41) is 7.61. The van der Waals surface area contributed by atoms with Crippen molar-refractivity contribution in [3.8, 4) is 0 Å². The van der Waals surface area contributed by atoms with E-state index in [-0.39, 0.29) is 29.4 Å². The molecule has 3 saturated carbocycles. The van der Waals surface area contributed by atoms with Crippen LogP contribution in [-0.4, -0.2) is 50.5 Å².